The van der Waals surface area contributed by atoms with Crippen molar-refractivity contribution in [1.82, 2.24) is 9.97 Å². The van der Waals surface area contributed by atoms with Crippen LogP contribution in [-0.4, -0.2) is 66.8 Å². The average Bonchev–Trinajstić information content (AvgIpc) is 3.72. The van der Waals surface area contributed by atoms with Crippen LogP contribution in [0.5, 0.6) is 0 Å². The number of rotatable bonds is 14. The van der Waals surface area contributed by atoms with E-state index in [9.17, 15) is 67.3 Å². The summed E-state index contributed by atoms with van der Waals surface area (Å²) in [6.45, 7) is 1.55. The number of pyridine rings is 1. The van der Waals surface area contributed by atoms with Gasteiger partial charge < -0.3 is 5.32 Å². The van der Waals surface area contributed by atoms with E-state index < -0.39 is 82.2 Å². The van der Waals surface area contributed by atoms with Crippen molar-refractivity contribution in [3.05, 3.63) is 148 Å². The Morgan fingerprint density at radius 3 is 1.90 bits per heavy atom. The summed E-state index contributed by atoms with van der Waals surface area (Å²) in [7, 11) is -19.6. The molecule has 0 amide bonds. The summed E-state index contributed by atoms with van der Waals surface area (Å²) in [5.41, 5.74) is 0.509. The van der Waals surface area contributed by atoms with Crippen molar-refractivity contribution in [1.29, 1.82) is 5.26 Å². The molecule has 0 radical (unpaired) electrons. The number of nitrogens with zero attached hydrogens (tertiary/aromatic N) is 8. The number of nitriles is 1. The molecule has 2 heterocycles. The van der Waals surface area contributed by atoms with Crippen LogP contribution in [-0.2, 0) is 46.9 Å². The van der Waals surface area contributed by atoms with Gasteiger partial charge in [-0.3, -0.25) is 28.3 Å². The number of aromatic nitrogens is 2. The number of thiazole rings is 1. The van der Waals surface area contributed by atoms with E-state index in [1.165, 1.54) is 36.4 Å². The Morgan fingerprint density at radius 2 is 1.30 bits per heavy atom. The lowest BCUT2D eigenvalue weighted by atomic mass is 10.0. The van der Waals surface area contributed by atoms with Crippen molar-refractivity contribution in [3.63, 3.8) is 0 Å². The molecule has 0 aliphatic carbocycles. The molecule has 2 aromatic heterocycles. The fourth-order valence-electron chi connectivity index (χ4n) is 7.15. The average molecular weight is 1060 g/mol. The first-order valence-corrected chi connectivity index (χ1v) is 26.3. The van der Waals surface area contributed by atoms with Crippen molar-refractivity contribution in [2.75, 3.05) is 5.32 Å². The molecule has 6 aromatic carbocycles. The predicted molar refractivity (Wildman–Crippen MR) is 256 cm³/mol. The van der Waals surface area contributed by atoms with Crippen molar-refractivity contribution < 1.29 is 56.8 Å². The smallest absolute Gasteiger partial charge is 0.295 e. The van der Waals surface area contributed by atoms with Crippen molar-refractivity contribution in [3.8, 4) is 17.3 Å². The van der Waals surface area contributed by atoms with Gasteiger partial charge in [-0.15, -0.1) is 20.5 Å². The summed E-state index contributed by atoms with van der Waals surface area (Å²) >= 11 is 0.804. The molecule has 0 bridgehead atoms. The predicted octanol–water partition coefficient (Wildman–Crippen LogP) is 9.75. The minimum Gasteiger partial charge on any atom is -0.338 e. The van der Waals surface area contributed by atoms with Gasteiger partial charge in [0.1, 0.15) is 27.2 Å². The van der Waals surface area contributed by atoms with E-state index in [0.29, 0.717) is 23.3 Å². The number of nitro benzene ring substituents is 1. The molecule has 28 heteroatoms. The van der Waals surface area contributed by atoms with Gasteiger partial charge in [0.25, 0.3) is 46.2 Å². The molecule has 0 saturated heterocycles. The number of azo groups is 2. The third-order valence-electron chi connectivity index (χ3n) is 10.5. The highest BCUT2D eigenvalue weighted by atomic mass is 32.2. The van der Waals surface area contributed by atoms with Crippen LogP contribution in [0.1, 0.15) is 22.4 Å². The van der Waals surface area contributed by atoms with Gasteiger partial charge in [0.05, 0.1) is 31.7 Å². The van der Waals surface area contributed by atoms with Gasteiger partial charge in [0.15, 0.2) is 10.8 Å². The lowest BCUT2D eigenvalue weighted by Gasteiger charge is -2.15. The van der Waals surface area contributed by atoms with Gasteiger partial charge in [-0.25, -0.2) is 9.97 Å². The Hall–Kier alpha value is -7.85. The van der Waals surface area contributed by atoms with Crippen LogP contribution in [0.3, 0.4) is 0 Å². The van der Waals surface area contributed by atoms with Gasteiger partial charge in [-0.2, -0.15) is 38.9 Å². The normalized spacial score (nSPS) is 12.5. The summed E-state index contributed by atoms with van der Waals surface area (Å²) < 4.78 is 136. The number of anilines is 2. The van der Waals surface area contributed by atoms with Crippen molar-refractivity contribution >= 4 is 112 Å². The molecule has 0 saturated carbocycles. The maximum atomic E-state index is 12.6. The fraction of sp³-hybridized carbons (Fsp3) is 0.0465. The number of non-ortho nitro benzene ring substituents is 1. The molecule has 0 fully saturated rings. The van der Waals surface area contributed by atoms with Crippen LogP contribution in [0.4, 0.5) is 38.7 Å². The number of nitro groups is 1. The summed E-state index contributed by atoms with van der Waals surface area (Å²) in [5, 5.41) is 42.7. The number of hydrogen-bond donors (Lipinski definition) is 5. The fourth-order valence-corrected chi connectivity index (χ4v) is 10.3. The number of benzene rings is 6. The zero-order chi connectivity index (χ0) is 51.2. The van der Waals surface area contributed by atoms with Crippen LogP contribution in [0.15, 0.2) is 155 Å². The van der Waals surface area contributed by atoms with Crippen molar-refractivity contribution in [2.45, 2.75) is 32.9 Å². The van der Waals surface area contributed by atoms with Gasteiger partial charge in [0, 0.05) is 46.1 Å². The third kappa shape index (κ3) is 10.8. The maximum absolute atomic E-state index is 12.6. The van der Waals surface area contributed by atoms with E-state index in [4.69, 9.17) is 0 Å². The van der Waals surface area contributed by atoms with Gasteiger partial charge >= 0.3 is 0 Å². The van der Waals surface area contributed by atoms with Gasteiger partial charge in [-0.05, 0) is 77.9 Å². The molecule has 8 aromatic rings. The van der Waals surface area contributed by atoms with E-state index >= 15 is 0 Å². The Bertz CT molecular complexity index is 4110. The van der Waals surface area contributed by atoms with E-state index in [1.807, 2.05) is 18.2 Å². The molecule has 360 valence electrons. The molecule has 8 rings (SSSR count). The number of nitrogens with one attached hydrogen (secondary N) is 1. The SMILES string of the molecule is Cc1c(C#N)c(Cc2ccc(S(=O)(=O)O)cc2)nc(Nc2ccc(S(=O)(=O)O)cc2)c1N=Nc1nc(-c2ccc3ccccc3c2)c(N=Nc2cc(S(=O)(=O)O)c3cc([N+](=O)[O-])cc(S(=O)(=O)O)c3c2)s1. The van der Waals surface area contributed by atoms with E-state index in [0.717, 1.165) is 46.4 Å². The second-order valence-corrected chi connectivity index (χ2v) is 21.7. The minimum absolute atomic E-state index is 0.0128. The molecule has 0 spiro atoms. The lowest BCUT2D eigenvalue weighted by Crippen LogP contribution is -2.05. The molecule has 0 aliphatic rings. The Balaban J connectivity index is 1.27. The second kappa shape index (κ2) is 18.8. The molecular weight excluding hydrogens is 1030 g/mol. The summed E-state index contributed by atoms with van der Waals surface area (Å²) in [6.07, 6.45) is -0.0285. The van der Waals surface area contributed by atoms with E-state index in [-0.39, 0.29) is 61.2 Å². The first-order valence-electron chi connectivity index (χ1n) is 19.8. The third-order valence-corrected chi connectivity index (χ3v) is 14.8. The zero-order valence-electron chi connectivity index (χ0n) is 35.7. The Labute approximate surface area is 405 Å². The Kier molecular flexibility index (Phi) is 13.1. The highest BCUT2D eigenvalue weighted by molar-refractivity contribution is 7.86. The van der Waals surface area contributed by atoms with Crippen LogP contribution in [0.25, 0.3) is 32.8 Å². The topological polar surface area (TPSA) is 372 Å². The summed E-state index contributed by atoms with van der Waals surface area (Å²) in [4.78, 5) is 17.1. The van der Waals surface area contributed by atoms with Crippen LogP contribution < -0.4 is 5.32 Å². The monoisotopic (exact) mass is 1060 g/mol. The second-order valence-electron chi connectivity index (χ2n) is 15.1. The lowest BCUT2D eigenvalue weighted by molar-refractivity contribution is -0.384. The molecule has 0 atom stereocenters. The minimum atomic E-state index is -5.24. The largest absolute Gasteiger partial charge is 0.338 e. The maximum Gasteiger partial charge on any atom is 0.295 e. The van der Waals surface area contributed by atoms with Crippen LogP contribution in [0, 0.1) is 28.4 Å². The van der Waals surface area contributed by atoms with E-state index in [2.05, 4.69) is 41.8 Å². The van der Waals surface area contributed by atoms with E-state index in [1.54, 1.807) is 31.2 Å². The Morgan fingerprint density at radius 1 is 0.690 bits per heavy atom. The number of fused-ring (bicyclic) bond motifs is 2. The summed E-state index contributed by atoms with van der Waals surface area (Å²) in [5.74, 6) is -0.0128. The molecular formula is C43H29N9O14S5. The summed E-state index contributed by atoms with van der Waals surface area (Å²) in [6, 6.07) is 27.8. The number of hydrogen-bond acceptors (Lipinski definition) is 19. The molecule has 23 nitrogen and oxygen atoms in total. The first-order chi connectivity index (χ1) is 33.4. The van der Waals surface area contributed by atoms with Crippen LogP contribution in [0.2, 0.25) is 0 Å². The van der Waals surface area contributed by atoms with Gasteiger partial charge in [0.2, 0.25) is 5.13 Å². The van der Waals surface area contributed by atoms with Crippen molar-refractivity contribution in [2.24, 2.45) is 20.5 Å². The highest BCUT2D eigenvalue weighted by Crippen LogP contribution is 2.44. The quantitative estimate of drug-likeness (QED) is 0.0292. The molecule has 5 N–H and O–H groups in total. The standard InChI is InChI=1S/C43H29N9O14S5/c1-23-35(22-44)36(16-24-6-12-31(13-7-24)68(55,56)57)46-41(45-28-10-14-32(15-11-28)69(58,59)60)39(23)49-51-43-47-40(27-9-8-25-4-2-3-5-26(25)17-27)42(67-43)50-48-29-18-33-34(37(19-29)70(61,62)63)20-30(52(53)54)21-38(33)71(64,65)66/h2-15,17-21H,16H2,1H3,(H,45,46)(H,55,56,57)(H,58,59,60)(H,61,62,63)(H,64,65,66). The zero-order valence-corrected chi connectivity index (χ0v) is 39.7. The highest BCUT2D eigenvalue weighted by Gasteiger charge is 2.26. The molecule has 0 aliphatic heterocycles. The molecule has 0 unspecified atom stereocenters. The van der Waals surface area contributed by atoms with Gasteiger partial charge in [-0.1, -0.05) is 59.9 Å². The molecule has 71 heavy (non-hydrogen) atoms. The van der Waals surface area contributed by atoms with Crippen LogP contribution >= 0.6 is 11.3 Å². The first kappa shape index (κ1) is 49.6.